The molecule has 0 fully saturated rings. The number of ether oxygens (including phenoxy) is 3. The maximum atomic E-state index is 13.5. The number of benzene rings is 2. The molecule has 0 aliphatic carbocycles. The van der Waals surface area contributed by atoms with Gasteiger partial charge in [0.15, 0.2) is 0 Å². The second-order valence-electron chi connectivity index (χ2n) is 6.74. The van der Waals surface area contributed by atoms with Crippen molar-refractivity contribution in [2.45, 2.75) is 6.54 Å². The quantitative estimate of drug-likeness (QED) is 0.537. The van der Waals surface area contributed by atoms with E-state index in [4.69, 9.17) is 25.8 Å². The van der Waals surface area contributed by atoms with Gasteiger partial charge in [-0.3, -0.25) is 4.79 Å². The second kappa shape index (κ2) is 8.65. The van der Waals surface area contributed by atoms with Crippen molar-refractivity contribution in [1.82, 2.24) is 9.97 Å². The van der Waals surface area contributed by atoms with Crippen LogP contribution in [0.1, 0.15) is 16.7 Å². The predicted molar refractivity (Wildman–Crippen MR) is 119 cm³/mol. The number of aromatic nitrogens is 2. The zero-order valence-electron chi connectivity index (χ0n) is 17.3. The number of methoxy groups -OCH3 is 3. The van der Waals surface area contributed by atoms with Crippen LogP contribution in [0.4, 0.5) is 5.69 Å². The first kappa shape index (κ1) is 20.7. The van der Waals surface area contributed by atoms with Gasteiger partial charge in [0.05, 0.1) is 44.7 Å². The van der Waals surface area contributed by atoms with Crippen molar-refractivity contribution in [3.63, 3.8) is 0 Å². The zero-order chi connectivity index (χ0) is 22.0. The predicted octanol–water partition coefficient (Wildman–Crippen LogP) is 4.24. The van der Waals surface area contributed by atoms with Crippen molar-refractivity contribution in [1.29, 1.82) is 0 Å². The molecule has 2 heterocycles. The second-order valence-corrected chi connectivity index (χ2v) is 7.18. The monoisotopic (exact) mass is 437 g/mol. The molecule has 7 nitrogen and oxygen atoms in total. The Morgan fingerprint density at radius 2 is 1.65 bits per heavy atom. The maximum Gasteiger partial charge on any atom is 0.322 e. The van der Waals surface area contributed by atoms with Gasteiger partial charge in [-0.2, -0.15) is 9.97 Å². The highest BCUT2D eigenvalue weighted by molar-refractivity contribution is 6.37. The first-order valence-electron chi connectivity index (χ1n) is 9.47. The van der Waals surface area contributed by atoms with E-state index in [1.54, 1.807) is 23.1 Å². The van der Waals surface area contributed by atoms with Gasteiger partial charge in [-0.1, -0.05) is 41.9 Å². The number of rotatable bonds is 6. The molecule has 4 rings (SSSR count). The fraction of sp³-hybridized carbons (Fsp3) is 0.174. The Kier molecular flexibility index (Phi) is 5.77. The third-order valence-corrected chi connectivity index (χ3v) is 5.15. The number of amides is 1. The van der Waals surface area contributed by atoms with E-state index in [2.05, 4.69) is 9.97 Å². The average molecular weight is 438 g/mol. The number of carbonyl (C=O) groups is 1. The summed E-state index contributed by atoms with van der Waals surface area (Å²) in [6, 6.07) is 15.3. The molecule has 0 saturated heterocycles. The highest BCUT2D eigenvalue weighted by atomic mass is 35.5. The molecule has 2 aromatic carbocycles. The molecule has 0 spiro atoms. The van der Waals surface area contributed by atoms with Crippen LogP contribution in [-0.4, -0.2) is 37.2 Å². The minimum atomic E-state index is -0.166. The van der Waals surface area contributed by atoms with E-state index in [-0.39, 0.29) is 23.7 Å². The Bertz CT molecular complexity index is 1140. The van der Waals surface area contributed by atoms with Gasteiger partial charge in [-0.15, -0.1) is 0 Å². The number of nitrogens with zero attached hydrogens (tertiary/aromatic N) is 3. The van der Waals surface area contributed by atoms with Crippen LogP contribution in [0.25, 0.3) is 11.6 Å². The summed E-state index contributed by atoms with van der Waals surface area (Å²) in [7, 11) is 4.41. The van der Waals surface area contributed by atoms with Crippen LogP contribution in [-0.2, 0) is 11.3 Å². The largest absolute Gasteiger partial charge is 0.480 e. The molecule has 158 valence electrons. The summed E-state index contributed by atoms with van der Waals surface area (Å²) in [5.74, 6) is 0.296. The van der Waals surface area contributed by atoms with E-state index < -0.39 is 0 Å². The standard InChI is InChI=1S/C23H20ClN3O4/c1-29-20-18(21(30-2)26-23(25-20)31-3)12-17-16-11-15(24)9-10-19(16)27(22(17)28)13-14-7-5-4-6-8-14/h4-12H,13H2,1-3H3/b17-12-. The lowest BCUT2D eigenvalue weighted by Crippen LogP contribution is -2.25. The van der Waals surface area contributed by atoms with Crippen LogP contribution >= 0.6 is 11.6 Å². The van der Waals surface area contributed by atoms with Gasteiger partial charge in [-0.25, -0.2) is 0 Å². The molecule has 0 saturated carbocycles. The SMILES string of the molecule is COc1nc(OC)c(/C=C2\C(=O)N(Cc3ccccc3)c3ccc(Cl)cc32)c(OC)n1. The highest BCUT2D eigenvalue weighted by Crippen LogP contribution is 2.42. The van der Waals surface area contributed by atoms with E-state index in [0.29, 0.717) is 28.3 Å². The summed E-state index contributed by atoms with van der Waals surface area (Å²) in [6.45, 7) is 0.430. The van der Waals surface area contributed by atoms with Crippen LogP contribution < -0.4 is 19.1 Å². The average Bonchev–Trinajstić information content (AvgIpc) is 3.04. The Morgan fingerprint density at radius 1 is 0.968 bits per heavy atom. The molecule has 1 aliphatic rings. The number of hydrogen-bond donors (Lipinski definition) is 0. The Balaban J connectivity index is 1.85. The zero-order valence-corrected chi connectivity index (χ0v) is 18.0. The molecule has 0 unspecified atom stereocenters. The molecule has 0 bridgehead atoms. The smallest absolute Gasteiger partial charge is 0.322 e. The van der Waals surface area contributed by atoms with Crippen LogP contribution in [0.15, 0.2) is 48.5 Å². The van der Waals surface area contributed by atoms with E-state index in [0.717, 1.165) is 11.3 Å². The van der Waals surface area contributed by atoms with E-state index in [9.17, 15) is 4.79 Å². The molecular formula is C23H20ClN3O4. The van der Waals surface area contributed by atoms with Crippen LogP contribution in [0.2, 0.25) is 5.02 Å². The third kappa shape index (κ3) is 3.92. The van der Waals surface area contributed by atoms with Crippen LogP contribution in [0.5, 0.6) is 17.8 Å². The first-order chi connectivity index (χ1) is 15.0. The summed E-state index contributed by atoms with van der Waals surface area (Å²) in [4.78, 5) is 23.6. The molecule has 0 N–H and O–H groups in total. The van der Waals surface area contributed by atoms with Crippen molar-refractivity contribution in [2.24, 2.45) is 0 Å². The van der Waals surface area contributed by atoms with Crippen molar-refractivity contribution in [3.05, 3.63) is 70.2 Å². The van der Waals surface area contributed by atoms with Crippen molar-refractivity contribution < 1.29 is 19.0 Å². The fourth-order valence-electron chi connectivity index (χ4n) is 3.47. The third-order valence-electron chi connectivity index (χ3n) is 4.91. The summed E-state index contributed by atoms with van der Waals surface area (Å²) in [6.07, 6.45) is 1.67. The Labute approximate surface area is 184 Å². The summed E-state index contributed by atoms with van der Waals surface area (Å²) < 4.78 is 15.9. The number of carbonyl (C=O) groups excluding carboxylic acids is 1. The summed E-state index contributed by atoms with van der Waals surface area (Å²) in [5.41, 5.74) is 3.38. The molecule has 1 amide bonds. The molecule has 8 heteroatoms. The van der Waals surface area contributed by atoms with Gasteiger partial charge < -0.3 is 19.1 Å². The molecule has 3 aromatic rings. The number of halogens is 1. The maximum absolute atomic E-state index is 13.5. The normalized spacial score (nSPS) is 14.0. The van der Waals surface area contributed by atoms with E-state index >= 15 is 0 Å². The molecular weight excluding hydrogens is 418 g/mol. The summed E-state index contributed by atoms with van der Waals surface area (Å²) in [5, 5.41) is 0.531. The lowest BCUT2D eigenvalue weighted by atomic mass is 10.0. The molecule has 1 aliphatic heterocycles. The first-order valence-corrected chi connectivity index (χ1v) is 9.85. The molecule has 31 heavy (non-hydrogen) atoms. The Hall–Kier alpha value is -3.58. The fourth-order valence-corrected chi connectivity index (χ4v) is 3.64. The lowest BCUT2D eigenvalue weighted by Gasteiger charge is -2.17. The van der Waals surface area contributed by atoms with Crippen LogP contribution in [0.3, 0.4) is 0 Å². The topological polar surface area (TPSA) is 73.8 Å². The number of hydrogen-bond acceptors (Lipinski definition) is 6. The van der Waals surface area contributed by atoms with Gasteiger partial charge in [0.25, 0.3) is 5.91 Å². The summed E-state index contributed by atoms with van der Waals surface area (Å²) >= 11 is 6.26. The minimum Gasteiger partial charge on any atom is -0.480 e. The molecule has 0 radical (unpaired) electrons. The van der Waals surface area contributed by atoms with Crippen molar-refractivity contribution in [3.8, 4) is 17.8 Å². The number of fused-ring (bicyclic) bond motifs is 1. The molecule has 1 aromatic heterocycles. The van der Waals surface area contributed by atoms with E-state index in [1.807, 2.05) is 36.4 Å². The molecule has 0 atom stereocenters. The van der Waals surface area contributed by atoms with Gasteiger partial charge in [0.1, 0.15) is 0 Å². The minimum absolute atomic E-state index is 0.0998. The van der Waals surface area contributed by atoms with Gasteiger partial charge in [0, 0.05) is 10.6 Å². The van der Waals surface area contributed by atoms with Crippen molar-refractivity contribution in [2.75, 3.05) is 26.2 Å². The number of anilines is 1. The Morgan fingerprint density at radius 3 is 2.26 bits per heavy atom. The van der Waals surface area contributed by atoms with Gasteiger partial charge in [-0.05, 0) is 29.8 Å². The van der Waals surface area contributed by atoms with Crippen LogP contribution in [0, 0.1) is 0 Å². The highest BCUT2D eigenvalue weighted by Gasteiger charge is 2.33. The van der Waals surface area contributed by atoms with E-state index in [1.165, 1.54) is 21.3 Å². The van der Waals surface area contributed by atoms with Gasteiger partial charge in [0.2, 0.25) is 11.8 Å². The van der Waals surface area contributed by atoms with Gasteiger partial charge >= 0.3 is 6.01 Å². The van der Waals surface area contributed by atoms with Crippen molar-refractivity contribution >= 4 is 34.8 Å². The lowest BCUT2D eigenvalue weighted by molar-refractivity contribution is -0.113.